The second kappa shape index (κ2) is 3.04. The van der Waals surface area contributed by atoms with E-state index in [2.05, 4.69) is 4.74 Å². The summed E-state index contributed by atoms with van der Waals surface area (Å²) < 4.78 is 4.68. The number of aliphatic hydroxyl groups is 4. The Hall–Kier alpha value is -0.200. The molecule has 0 spiro atoms. The van der Waals surface area contributed by atoms with Crippen molar-refractivity contribution in [3.63, 3.8) is 0 Å². The van der Waals surface area contributed by atoms with Gasteiger partial charge in [0.15, 0.2) is 6.29 Å². The molecular formula is C6H12O5. The number of hydrogen-bond acceptors (Lipinski definition) is 5. The maximum atomic E-state index is 9.09. The average molecular weight is 164 g/mol. The molecule has 0 aromatic carbocycles. The topological polar surface area (TPSA) is 90.2 Å². The van der Waals surface area contributed by atoms with E-state index in [0.29, 0.717) is 0 Å². The van der Waals surface area contributed by atoms with Gasteiger partial charge in [-0.15, -0.1) is 0 Å². The maximum absolute atomic E-state index is 9.09. The molecule has 5 atom stereocenters. The first-order chi connectivity index (χ1) is 5.04. The highest BCUT2D eigenvalue weighted by Gasteiger charge is 2.40. The average Bonchev–Trinajstić information content (AvgIpc) is 1.97. The fraction of sp³-hybridized carbons (Fsp3) is 1.00. The minimum atomic E-state index is -1.43. The molecule has 4 N–H and O–H groups in total. The molecule has 0 aromatic heterocycles. The van der Waals surface area contributed by atoms with Crippen molar-refractivity contribution in [3.8, 4) is 0 Å². The van der Waals surface area contributed by atoms with E-state index in [1.807, 2.05) is 0 Å². The number of hydrogen-bond donors (Lipinski definition) is 4. The quantitative estimate of drug-likeness (QED) is 0.326. The van der Waals surface area contributed by atoms with Crippen molar-refractivity contribution in [1.82, 2.24) is 0 Å². The van der Waals surface area contributed by atoms with Crippen LogP contribution in [0.15, 0.2) is 0 Å². The van der Waals surface area contributed by atoms with Crippen LogP contribution in [-0.2, 0) is 4.74 Å². The van der Waals surface area contributed by atoms with E-state index in [0.717, 1.165) is 0 Å². The zero-order valence-electron chi connectivity index (χ0n) is 6.08. The third-order valence-electron chi connectivity index (χ3n) is 1.83. The summed E-state index contributed by atoms with van der Waals surface area (Å²) in [5.74, 6) is 0. The zero-order valence-corrected chi connectivity index (χ0v) is 6.08. The lowest BCUT2D eigenvalue weighted by Gasteiger charge is -2.36. The first-order valence-electron chi connectivity index (χ1n) is 3.41. The van der Waals surface area contributed by atoms with E-state index in [9.17, 15) is 0 Å². The normalized spacial score (nSPS) is 52.6. The molecule has 1 saturated heterocycles. The van der Waals surface area contributed by atoms with Crippen molar-refractivity contribution < 1.29 is 25.2 Å². The lowest BCUT2D eigenvalue weighted by Crippen LogP contribution is -2.56. The van der Waals surface area contributed by atoms with Crippen molar-refractivity contribution in [3.05, 3.63) is 0 Å². The van der Waals surface area contributed by atoms with Crippen LogP contribution in [0.3, 0.4) is 0 Å². The van der Waals surface area contributed by atoms with Gasteiger partial charge in [0.05, 0.1) is 6.10 Å². The molecule has 11 heavy (non-hydrogen) atoms. The first-order valence-corrected chi connectivity index (χ1v) is 3.41. The molecule has 66 valence electrons. The monoisotopic (exact) mass is 164 g/mol. The van der Waals surface area contributed by atoms with Crippen molar-refractivity contribution in [2.24, 2.45) is 0 Å². The molecular weight excluding hydrogens is 152 g/mol. The second-order valence-corrected chi connectivity index (χ2v) is 2.70. The summed E-state index contributed by atoms with van der Waals surface area (Å²) in [5.41, 5.74) is 0. The minimum absolute atomic E-state index is 0.664. The highest BCUT2D eigenvalue weighted by Crippen LogP contribution is 2.18. The third kappa shape index (κ3) is 1.52. The third-order valence-corrected chi connectivity index (χ3v) is 1.83. The van der Waals surface area contributed by atoms with Crippen LogP contribution in [0.25, 0.3) is 0 Å². The van der Waals surface area contributed by atoms with E-state index in [1.165, 1.54) is 6.92 Å². The summed E-state index contributed by atoms with van der Waals surface area (Å²) in [6.07, 6.45) is -5.99. The summed E-state index contributed by atoms with van der Waals surface area (Å²) in [6, 6.07) is 0. The van der Waals surface area contributed by atoms with Crippen LogP contribution >= 0.6 is 0 Å². The predicted octanol–water partition coefficient (Wildman–Crippen LogP) is -2.19. The molecule has 0 amide bonds. The SMILES string of the molecule is C[C@@H]1O[C@@H](O)[C@H](O)[C@@H](O)[C@@H]1O. The van der Waals surface area contributed by atoms with Crippen LogP contribution in [-0.4, -0.2) is 51.1 Å². The number of ether oxygens (including phenoxy) is 1. The smallest absolute Gasteiger partial charge is 0.183 e. The van der Waals surface area contributed by atoms with Crippen LogP contribution < -0.4 is 0 Å². The van der Waals surface area contributed by atoms with Gasteiger partial charge in [-0.05, 0) is 6.92 Å². The van der Waals surface area contributed by atoms with Crippen molar-refractivity contribution in [2.75, 3.05) is 0 Å². The van der Waals surface area contributed by atoms with Gasteiger partial charge in [0.1, 0.15) is 18.3 Å². The van der Waals surface area contributed by atoms with Crippen LogP contribution in [0.2, 0.25) is 0 Å². The summed E-state index contributed by atoms with van der Waals surface area (Å²) in [7, 11) is 0. The van der Waals surface area contributed by atoms with Gasteiger partial charge in [0.25, 0.3) is 0 Å². The Morgan fingerprint density at radius 1 is 0.909 bits per heavy atom. The lowest BCUT2D eigenvalue weighted by molar-refractivity contribution is -0.277. The summed E-state index contributed by atoms with van der Waals surface area (Å²) in [4.78, 5) is 0. The Kier molecular flexibility index (Phi) is 2.46. The van der Waals surface area contributed by atoms with E-state index in [-0.39, 0.29) is 0 Å². The highest BCUT2D eigenvalue weighted by atomic mass is 16.6. The predicted molar refractivity (Wildman–Crippen MR) is 34.6 cm³/mol. The summed E-state index contributed by atoms with van der Waals surface area (Å²) in [6.45, 7) is 1.50. The van der Waals surface area contributed by atoms with Crippen molar-refractivity contribution in [1.29, 1.82) is 0 Å². The molecule has 5 nitrogen and oxygen atoms in total. The number of rotatable bonds is 0. The van der Waals surface area contributed by atoms with Gasteiger partial charge in [-0.2, -0.15) is 0 Å². The van der Waals surface area contributed by atoms with Crippen LogP contribution in [0.1, 0.15) is 6.92 Å². The highest BCUT2D eigenvalue weighted by molar-refractivity contribution is 4.86. The zero-order chi connectivity index (χ0) is 8.59. The molecule has 0 aliphatic carbocycles. The van der Waals surface area contributed by atoms with Crippen molar-refractivity contribution >= 4 is 0 Å². The molecule has 0 saturated carbocycles. The molecule has 0 aromatic rings. The minimum Gasteiger partial charge on any atom is -0.388 e. The molecule has 1 heterocycles. The molecule has 0 radical (unpaired) electrons. The Balaban J connectivity index is 2.63. The molecule has 1 aliphatic heterocycles. The van der Waals surface area contributed by atoms with Gasteiger partial charge < -0.3 is 25.2 Å². The van der Waals surface area contributed by atoms with Gasteiger partial charge in [0.2, 0.25) is 0 Å². The molecule has 0 unspecified atom stereocenters. The molecule has 1 rings (SSSR count). The fourth-order valence-corrected chi connectivity index (χ4v) is 1.03. The summed E-state index contributed by atoms with van der Waals surface area (Å²) in [5, 5.41) is 36.0. The molecule has 5 heteroatoms. The fourth-order valence-electron chi connectivity index (χ4n) is 1.03. The summed E-state index contributed by atoms with van der Waals surface area (Å²) >= 11 is 0. The van der Waals surface area contributed by atoms with E-state index < -0.39 is 30.7 Å². The van der Waals surface area contributed by atoms with E-state index >= 15 is 0 Å². The first kappa shape index (κ1) is 8.89. The van der Waals surface area contributed by atoms with Gasteiger partial charge in [0, 0.05) is 0 Å². The molecule has 1 aliphatic rings. The lowest BCUT2D eigenvalue weighted by atomic mass is 10.0. The Morgan fingerprint density at radius 3 is 2.00 bits per heavy atom. The Labute approximate surface area is 63.8 Å². The van der Waals surface area contributed by atoms with Gasteiger partial charge in [-0.3, -0.25) is 0 Å². The van der Waals surface area contributed by atoms with Crippen LogP contribution in [0.5, 0.6) is 0 Å². The largest absolute Gasteiger partial charge is 0.388 e. The van der Waals surface area contributed by atoms with Gasteiger partial charge in [-0.1, -0.05) is 0 Å². The standard InChI is InChI=1S/C6H12O5/c1-2-3(7)4(8)5(9)6(10)11-2/h2-10H,1H3/t2-,3+,4-,5+,6+/m0/s1. The Morgan fingerprint density at radius 2 is 1.45 bits per heavy atom. The van der Waals surface area contributed by atoms with Gasteiger partial charge in [-0.25, -0.2) is 0 Å². The van der Waals surface area contributed by atoms with E-state index in [4.69, 9.17) is 20.4 Å². The second-order valence-electron chi connectivity index (χ2n) is 2.70. The Bertz CT molecular complexity index is 125. The van der Waals surface area contributed by atoms with Crippen molar-refractivity contribution in [2.45, 2.75) is 37.6 Å². The van der Waals surface area contributed by atoms with E-state index in [1.54, 1.807) is 0 Å². The molecule has 1 fully saturated rings. The maximum Gasteiger partial charge on any atom is 0.183 e. The molecule has 0 bridgehead atoms. The van der Waals surface area contributed by atoms with Crippen LogP contribution in [0, 0.1) is 0 Å². The van der Waals surface area contributed by atoms with Crippen LogP contribution in [0.4, 0.5) is 0 Å². The van der Waals surface area contributed by atoms with Gasteiger partial charge >= 0.3 is 0 Å². The number of aliphatic hydroxyl groups excluding tert-OH is 4.